The Morgan fingerprint density at radius 3 is 2.44 bits per heavy atom. The highest BCUT2D eigenvalue weighted by Crippen LogP contribution is 2.38. The van der Waals surface area contributed by atoms with Gasteiger partial charge in [-0.3, -0.25) is 9.59 Å². The van der Waals surface area contributed by atoms with Crippen LogP contribution in [0.4, 0.5) is 10.1 Å². The second-order valence-corrected chi connectivity index (χ2v) is 8.39. The van der Waals surface area contributed by atoms with Crippen molar-refractivity contribution in [2.45, 2.75) is 32.7 Å². The third kappa shape index (κ3) is 4.42. The molecule has 0 aromatic heterocycles. The van der Waals surface area contributed by atoms with Crippen molar-refractivity contribution in [3.63, 3.8) is 0 Å². The van der Waals surface area contributed by atoms with Crippen LogP contribution in [0.25, 0.3) is 0 Å². The van der Waals surface area contributed by atoms with E-state index in [0.717, 1.165) is 16.8 Å². The Kier molecular flexibility index (Phi) is 6.35. The maximum absolute atomic E-state index is 14.6. The number of halogens is 1. The van der Waals surface area contributed by atoms with Gasteiger partial charge >= 0.3 is 0 Å². The standard InChI is InChI=1S/C27H27FN2O2/c1-18-9-6-13-21(17-18)29-26(31)22-14-8-16-30(25(22)20-11-4-3-5-12-20)27(32)24-19(2)10-7-15-23(24)28/h3-7,9-13,15,17,22,25H,8,14,16H2,1-2H3,(H,29,31). The number of likely N-dealkylation sites (tertiary alicyclic amines) is 1. The van der Waals surface area contributed by atoms with E-state index < -0.39 is 17.8 Å². The maximum atomic E-state index is 14.6. The fourth-order valence-electron chi connectivity index (χ4n) is 4.56. The number of piperidine rings is 1. The van der Waals surface area contributed by atoms with Gasteiger partial charge in [-0.2, -0.15) is 0 Å². The highest BCUT2D eigenvalue weighted by molar-refractivity contribution is 5.98. The molecule has 1 saturated heterocycles. The van der Waals surface area contributed by atoms with Crippen LogP contribution in [0.15, 0.2) is 72.8 Å². The molecule has 3 aromatic carbocycles. The van der Waals surface area contributed by atoms with Gasteiger partial charge in [0.1, 0.15) is 5.82 Å². The minimum atomic E-state index is -0.534. The Hall–Kier alpha value is -3.47. The Balaban J connectivity index is 1.70. The molecule has 1 N–H and O–H groups in total. The molecule has 2 amide bonds. The summed E-state index contributed by atoms with van der Waals surface area (Å²) in [5.74, 6) is -1.48. The molecular weight excluding hydrogens is 403 g/mol. The lowest BCUT2D eigenvalue weighted by molar-refractivity contribution is -0.123. The van der Waals surface area contributed by atoms with Crippen molar-refractivity contribution < 1.29 is 14.0 Å². The molecular formula is C27H27FN2O2. The molecule has 0 aliphatic carbocycles. The highest BCUT2D eigenvalue weighted by Gasteiger charge is 2.40. The molecule has 164 valence electrons. The Labute approximate surface area is 188 Å². The smallest absolute Gasteiger partial charge is 0.257 e. The van der Waals surface area contributed by atoms with Gasteiger partial charge in [0.15, 0.2) is 0 Å². The molecule has 1 aliphatic rings. The monoisotopic (exact) mass is 430 g/mol. The summed E-state index contributed by atoms with van der Waals surface area (Å²) in [4.78, 5) is 28.6. The Morgan fingerprint density at radius 1 is 0.969 bits per heavy atom. The number of hydrogen-bond donors (Lipinski definition) is 1. The molecule has 2 atom stereocenters. The minimum absolute atomic E-state index is 0.0770. The van der Waals surface area contributed by atoms with E-state index in [1.165, 1.54) is 6.07 Å². The normalized spacial score (nSPS) is 18.3. The zero-order valence-corrected chi connectivity index (χ0v) is 18.3. The van der Waals surface area contributed by atoms with E-state index >= 15 is 0 Å². The van der Waals surface area contributed by atoms with Crippen LogP contribution < -0.4 is 5.32 Å². The molecule has 1 fully saturated rings. The summed E-state index contributed by atoms with van der Waals surface area (Å²) in [6, 6.07) is 21.4. The van der Waals surface area contributed by atoms with E-state index in [4.69, 9.17) is 0 Å². The van der Waals surface area contributed by atoms with Crippen molar-refractivity contribution in [2.75, 3.05) is 11.9 Å². The number of rotatable bonds is 4. The number of hydrogen-bond acceptors (Lipinski definition) is 2. The van der Waals surface area contributed by atoms with Crippen LogP contribution in [-0.4, -0.2) is 23.3 Å². The number of amides is 2. The summed E-state index contributed by atoms with van der Waals surface area (Å²) in [6.07, 6.45) is 1.33. The van der Waals surface area contributed by atoms with Gasteiger partial charge in [0.25, 0.3) is 5.91 Å². The summed E-state index contributed by atoms with van der Waals surface area (Å²) in [6.45, 7) is 4.18. The average Bonchev–Trinajstić information content (AvgIpc) is 2.79. The molecule has 0 spiro atoms. The third-order valence-corrected chi connectivity index (χ3v) is 6.09. The molecule has 1 aliphatic heterocycles. The van der Waals surface area contributed by atoms with Crippen LogP contribution >= 0.6 is 0 Å². The van der Waals surface area contributed by atoms with Crippen LogP contribution in [0.1, 0.15) is 45.9 Å². The predicted octanol–water partition coefficient (Wildman–Crippen LogP) is 5.67. The topological polar surface area (TPSA) is 49.4 Å². The maximum Gasteiger partial charge on any atom is 0.257 e. The first-order valence-electron chi connectivity index (χ1n) is 10.9. The van der Waals surface area contributed by atoms with Crippen molar-refractivity contribution in [2.24, 2.45) is 5.92 Å². The summed E-state index contributed by atoms with van der Waals surface area (Å²) < 4.78 is 14.6. The summed E-state index contributed by atoms with van der Waals surface area (Å²) in [7, 11) is 0. The summed E-state index contributed by atoms with van der Waals surface area (Å²) in [5, 5.41) is 3.02. The second kappa shape index (κ2) is 9.35. The molecule has 32 heavy (non-hydrogen) atoms. The molecule has 2 unspecified atom stereocenters. The first-order valence-corrected chi connectivity index (χ1v) is 10.9. The zero-order chi connectivity index (χ0) is 22.7. The zero-order valence-electron chi connectivity index (χ0n) is 18.3. The third-order valence-electron chi connectivity index (χ3n) is 6.09. The van der Waals surface area contributed by atoms with Gasteiger partial charge in [-0.15, -0.1) is 0 Å². The summed E-state index contributed by atoms with van der Waals surface area (Å²) in [5.41, 5.74) is 3.33. The SMILES string of the molecule is Cc1cccc(NC(=O)C2CCCN(C(=O)c3c(C)cccc3F)C2c2ccccc2)c1. The number of nitrogens with one attached hydrogen (secondary N) is 1. The van der Waals surface area contributed by atoms with Gasteiger partial charge < -0.3 is 10.2 Å². The van der Waals surface area contributed by atoms with Gasteiger partial charge in [-0.05, 0) is 61.6 Å². The van der Waals surface area contributed by atoms with Crippen LogP contribution in [0, 0.1) is 25.6 Å². The minimum Gasteiger partial charge on any atom is -0.331 e. The number of benzene rings is 3. The average molecular weight is 431 g/mol. The van der Waals surface area contributed by atoms with Crippen LogP contribution in [0.3, 0.4) is 0 Å². The predicted molar refractivity (Wildman–Crippen MR) is 124 cm³/mol. The van der Waals surface area contributed by atoms with E-state index in [9.17, 15) is 14.0 Å². The number of nitrogens with zero attached hydrogens (tertiary/aromatic N) is 1. The van der Waals surface area contributed by atoms with Crippen LogP contribution in [-0.2, 0) is 4.79 Å². The molecule has 0 saturated carbocycles. The number of anilines is 1. The Bertz CT molecular complexity index is 1110. The first kappa shape index (κ1) is 21.8. The molecule has 0 bridgehead atoms. The number of aryl methyl sites for hydroxylation is 2. The van der Waals surface area contributed by atoms with Crippen LogP contribution in [0.2, 0.25) is 0 Å². The molecule has 4 nitrogen and oxygen atoms in total. The van der Waals surface area contributed by atoms with E-state index in [0.29, 0.717) is 24.9 Å². The fourth-order valence-corrected chi connectivity index (χ4v) is 4.56. The molecule has 0 radical (unpaired) electrons. The lowest BCUT2D eigenvalue weighted by atomic mass is 9.83. The number of carbonyl (C=O) groups is 2. The van der Waals surface area contributed by atoms with Crippen molar-refractivity contribution in [1.82, 2.24) is 4.90 Å². The van der Waals surface area contributed by atoms with Gasteiger partial charge in [-0.25, -0.2) is 4.39 Å². The quantitative estimate of drug-likeness (QED) is 0.579. The second-order valence-electron chi connectivity index (χ2n) is 8.39. The molecule has 5 heteroatoms. The summed E-state index contributed by atoms with van der Waals surface area (Å²) >= 11 is 0. The van der Waals surface area contributed by atoms with Crippen molar-refractivity contribution >= 4 is 17.5 Å². The fraction of sp³-hybridized carbons (Fsp3) is 0.259. The number of carbonyl (C=O) groups excluding carboxylic acids is 2. The highest BCUT2D eigenvalue weighted by atomic mass is 19.1. The first-order chi connectivity index (χ1) is 15.5. The lowest BCUT2D eigenvalue weighted by Gasteiger charge is -2.41. The van der Waals surface area contributed by atoms with E-state index in [1.807, 2.05) is 61.5 Å². The van der Waals surface area contributed by atoms with Crippen molar-refractivity contribution in [3.8, 4) is 0 Å². The molecule has 3 aromatic rings. The van der Waals surface area contributed by atoms with Crippen molar-refractivity contribution in [3.05, 3.63) is 101 Å². The van der Waals surface area contributed by atoms with Crippen LogP contribution in [0.5, 0.6) is 0 Å². The van der Waals surface area contributed by atoms with E-state index in [1.54, 1.807) is 24.0 Å². The largest absolute Gasteiger partial charge is 0.331 e. The molecule has 1 heterocycles. The van der Waals surface area contributed by atoms with E-state index in [2.05, 4.69) is 5.32 Å². The van der Waals surface area contributed by atoms with Gasteiger partial charge in [-0.1, -0.05) is 54.6 Å². The van der Waals surface area contributed by atoms with Gasteiger partial charge in [0.05, 0.1) is 17.5 Å². The van der Waals surface area contributed by atoms with Gasteiger partial charge in [0.2, 0.25) is 5.91 Å². The Morgan fingerprint density at radius 2 is 1.72 bits per heavy atom. The van der Waals surface area contributed by atoms with E-state index in [-0.39, 0.29) is 17.4 Å². The van der Waals surface area contributed by atoms with Crippen molar-refractivity contribution in [1.29, 1.82) is 0 Å². The molecule has 4 rings (SSSR count). The lowest BCUT2D eigenvalue weighted by Crippen LogP contribution is -2.46. The van der Waals surface area contributed by atoms with Gasteiger partial charge in [0, 0.05) is 12.2 Å².